The molecule has 1 aliphatic rings. The summed E-state index contributed by atoms with van der Waals surface area (Å²) in [5.74, 6) is 1.23. The van der Waals surface area contributed by atoms with Crippen LogP contribution in [0.1, 0.15) is 25.1 Å². The Morgan fingerprint density at radius 3 is 2.64 bits per heavy atom. The molecule has 22 heavy (non-hydrogen) atoms. The van der Waals surface area contributed by atoms with Crippen LogP contribution < -0.4 is 5.73 Å². The minimum absolute atomic E-state index is 0. The molecule has 2 N–H and O–H groups in total. The van der Waals surface area contributed by atoms with Gasteiger partial charge in [0.1, 0.15) is 5.69 Å². The number of aromatic nitrogens is 4. The van der Waals surface area contributed by atoms with Crippen LogP contribution in [0.15, 0.2) is 39.5 Å². The van der Waals surface area contributed by atoms with Crippen molar-refractivity contribution < 1.29 is 9.05 Å². The minimum atomic E-state index is -0.453. The number of rotatable bonds is 3. The van der Waals surface area contributed by atoms with Crippen molar-refractivity contribution in [2.45, 2.75) is 24.8 Å². The zero-order valence-corrected chi connectivity index (χ0v) is 12.4. The predicted molar refractivity (Wildman–Crippen MR) is 80.0 cm³/mol. The summed E-state index contributed by atoms with van der Waals surface area (Å²) < 4.78 is 10.5. The normalized spacial score (nSPS) is 15.9. The van der Waals surface area contributed by atoms with Crippen molar-refractivity contribution in [1.29, 1.82) is 0 Å². The predicted octanol–water partition coefficient (Wildman–Crippen LogP) is 2.55. The molecule has 7 nitrogen and oxygen atoms in total. The number of pyridine rings is 1. The molecular weight excluding hydrogens is 306 g/mol. The van der Waals surface area contributed by atoms with Gasteiger partial charge in [-0.15, -0.1) is 12.4 Å². The van der Waals surface area contributed by atoms with E-state index in [0.717, 1.165) is 25.0 Å². The highest BCUT2D eigenvalue weighted by Crippen LogP contribution is 2.37. The zero-order chi connectivity index (χ0) is 14.3. The topological polar surface area (TPSA) is 104 Å². The molecule has 0 amide bonds. The summed E-state index contributed by atoms with van der Waals surface area (Å²) in [6.07, 6.45) is 4.54. The lowest BCUT2D eigenvalue weighted by atomic mass is 9.77. The minimum Gasteiger partial charge on any atom is -0.350 e. The van der Waals surface area contributed by atoms with E-state index in [1.165, 1.54) is 0 Å². The largest absolute Gasteiger partial charge is 0.350 e. The van der Waals surface area contributed by atoms with Gasteiger partial charge in [0, 0.05) is 12.3 Å². The number of hydrogen-bond donors (Lipinski definition) is 1. The quantitative estimate of drug-likeness (QED) is 0.791. The fourth-order valence-corrected chi connectivity index (χ4v) is 2.32. The second-order valence-corrected chi connectivity index (χ2v) is 5.22. The van der Waals surface area contributed by atoms with Crippen LogP contribution in [0, 0.1) is 0 Å². The Morgan fingerprint density at radius 2 is 1.95 bits per heavy atom. The van der Waals surface area contributed by atoms with Gasteiger partial charge in [-0.2, -0.15) is 4.98 Å². The fourth-order valence-electron chi connectivity index (χ4n) is 2.32. The second-order valence-electron chi connectivity index (χ2n) is 5.22. The Morgan fingerprint density at radius 1 is 1.09 bits per heavy atom. The number of nitrogens with zero attached hydrogens (tertiary/aromatic N) is 4. The van der Waals surface area contributed by atoms with Crippen molar-refractivity contribution in [3.8, 4) is 23.0 Å². The molecule has 0 saturated heterocycles. The summed E-state index contributed by atoms with van der Waals surface area (Å²) in [6.45, 7) is 0. The maximum Gasteiger partial charge on any atom is 0.296 e. The van der Waals surface area contributed by atoms with Gasteiger partial charge in [-0.25, -0.2) is 0 Å². The highest BCUT2D eigenvalue weighted by atomic mass is 35.5. The first kappa shape index (κ1) is 14.7. The maximum absolute atomic E-state index is 6.17. The second kappa shape index (κ2) is 5.51. The molecule has 0 atom stereocenters. The van der Waals surface area contributed by atoms with Crippen molar-refractivity contribution in [2.75, 3.05) is 0 Å². The van der Waals surface area contributed by atoms with E-state index in [9.17, 15) is 0 Å². The molecule has 114 valence electrons. The summed E-state index contributed by atoms with van der Waals surface area (Å²) in [7, 11) is 0. The molecule has 0 unspecified atom stereocenters. The summed E-state index contributed by atoms with van der Waals surface area (Å²) in [6, 6.07) is 7.30. The molecule has 4 rings (SSSR count). The van der Waals surface area contributed by atoms with Gasteiger partial charge in [-0.05, 0) is 31.4 Å². The maximum atomic E-state index is 6.17. The number of halogens is 1. The summed E-state index contributed by atoms with van der Waals surface area (Å²) in [5.41, 5.74) is 7.06. The molecule has 3 aromatic rings. The van der Waals surface area contributed by atoms with Crippen molar-refractivity contribution in [3.05, 3.63) is 36.3 Å². The number of hydrogen-bond acceptors (Lipinski definition) is 7. The first-order valence-corrected chi connectivity index (χ1v) is 6.76. The zero-order valence-electron chi connectivity index (χ0n) is 11.6. The lowest BCUT2D eigenvalue weighted by Crippen LogP contribution is -2.44. The first-order chi connectivity index (χ1) is 10.2. The van der Waals surface area contributed by atoms with Crippen LogP contribution in [-0.2, 0) is 5.54 Å². The SMILES string of the molecule is Cl.NC1(c2noc(-c3cc(-c4ccccn4)no3)n2)CCC1. The lowest BCUT2D eigenvalue weighted by molar-refractivity contribution is 0.229. The molecule has 0 aromatic carbocycles. The highest BCUT2D eigenvalue weighted by Gasteiger charge is 2.39. The van der Waals surface area contributed by atoms with Gasteiger partial charge < -0.3 is 14.8 Å². The van der Waals surface area contributed by atoms with E-state index in [0.29, 0.717) is 17.3 Å². The smallest absolute Gasteiger partial charge is 0.296 e. The molecule has 1 saturated carbocycles. The van der Waals surface area contributed by atoms with E-state index >= 15 is 0 Å². The molecule has 8 heteroatoms. The monoisotopic (exact) mass is 319 g/mol. The van der Waals surface area contributed by atoms with Crippen molar-refractivity contribution in [1.82, 2.24) is 20.3 Å². The average Bonchev–Trinajstić information content (AvgIpc) is 3.14. The van der Waals surface area contributed by atoms with Crippen LogP contribution >= 0.6 is 12.4 Å². The Kier molecular flexibility index (Phi) is 3.67. The van der Waals surface area contributed by atoms with Gasteiger partial charge >= 0.3 is 0 Å². The Labute approximate surface area is 132 Å². The van der Waals surface area contributed by atoms with Crippen molar-refractivity contribution >= 4 is 12.4 Å². The fraction of sp³-hybridized carbons (Fsp3) is 0.286. The van der Waals surface area contributed by atoms with E-state index < -0.39 is 5.54 Å². The van der Waals surface area contributed by atoms with E-state index in [1.807, 2.05) is 18.2 Å². The molecule has 1 aliphatic carbocycles. The Hall–Kier alpha value is -2.25. The highest BCUT2D eigenvalue weighted by molar-refractivity contribution is 5.85. The molecule has 1 fully saturated rings. The van der Waals surface area contributed by atoms with Gasteiger partial charge in [-0.3, -0.25) is 4.98 Å². The van der Waals surface area contributed by atoms with Gasteiger partial charge in [0.15, 0.2) is 5.82 Å². The van der Waals surface area contributed by atoms with E-state index in [1.54, 1.807) is 12.3 Å². The van der Waals surface area contributed by atoms with Gasteiger partial charge in [-0.1, -0.05) is 16.4 Å². The van der Waals surface area contributed by atoms with Crippen LogP contribution in [0.5, 0.6) is 0 Å². The third kappa shape index (κ3) is 2.38. The molecule has 0 aliphatic heterocycles. The van der Waals surface area contributed by atoms with Gasteiger partial charge in [0.25, 0.3) is 5.89 Å². The summed E-state index contributed by atoms with van der Waals surface area (Å²) >= 11 is 0. The van der Waals surface area contributed by atoms with Crippen LogP contribution in [-0.4, -0.2) is 20.3 Å². The van der Waals surface area contributed by atoms with Crippen molar-refractivity contribution in [2.24, 2.45) is 5.73 Å². The lowest BCUT2D eigenvalue weighted by Gasteiger charge is -2.34. The molecular formula is C14H14ClN5O2. The number of nitrogens with two attached hydrogens (primary N) is 1. The molecule has 3 aromatic heterocycles. The third-order valence-corrected chi connectivity index (χ3v) is 3.77. The third-order valence-electron chi connectivity index (χ3n) is 3.77. The Balaban J connectivity index is 0.00000144. The Bertz CT molecular complexity index is 766. The summed E-state index contributed by atoms with van der Waals surface area (Å²) in [5, 5.41) is 7.93. The van der Waals surface area contributed by atoms with Crippen LogP contribution in [0.4, 0.5) is 0 Å². The van der Waals surface area contributed by atoms with Gasteiger partial charge in [0.2, 0.25) is 5.76 Å². The van der Waals surface area contributed by atoms with Crippen molar-refractivity contribution in [3.63, 3.8) is 0 Å². The summed E-state index contributed by atoms with van der Waals surface area (Å²) in [4.78, 5) is 8.54. The molecule has 0 radical (unpaired) electrons. The average molecular weight is 320 g/mol. The molecule has 0 spiro atoms. The van der Waals surface area contributed by atoms with Crippen LogP contribution in [0.2, 0.25) is 0 Å². The molecule has 0 bridgehead atoms. The van der Waals surface area contributed by atoms with Gasteiger partial charge in [0.05, 0.1) is 11.2 Å². The van der Waals surface area contributed by atoms with E-state index in [-0.39, 0.29) is 18.3 Å². The first-order valence-electron chi connectivity index (χ1n) is 6.76. The van der Waals surface area contributed by atoms with Crippen LogP contribution in [0.3, 0.4) is 0 Å². The van der Waals surface area contributed by atoms with Crippen LogP contribution in [0.25, 0.3) is 23.0 Å². The molecule has 3 heterocycles. The van der Waals surface area contributed by atoms with E-state index in [4.69, 9.17) is 14.8 Å². The standard InChI is InChI=1S/C14H13N5O2.ClH/c15-14(5-3-6-14)13-17-12(21-19-13)11-8-10(18-20-11)9-4-1-2-7-16-9;/h1-2,4,7-8H,3,5-6,15H2;1H. The van der Waals surface area contributed by atoms with E-state index in [2.05, 4.69) is 20.3 Å².